The molecule has 0 saturated heterocycles. The van der Waals surface area contributed by atoms with Crippen LogP contribution >= 0.6 is 0 Å². The summed E-state index contributed by atoms with van der Waals surface area (Å²) in [6.07, 6.45) is 4.69. The van der Waals surface area contributed by atoms with E-state index in [1.54, 1.807) is 0 Å². The van der Waals surface area contributed by atoms with Gasteiger partial charge in [0, 0.05) is 11.6 Å². The molecule has 0 fully saturated rings. The van der Waals surface area contributed by atoms with Crippen molar-refractivity contribution in [3.8, 4) is 0 Å². The van der Waals surface area contributed by atoms with E-state index in [1.807, 2.05) is 12.3 Å². The van der Waals surface area contributed by atoms with Gasteiger partial charge >= 0.3 is 0 Å². The summed E-state index contributed by atoms with van der Waals surface area (Å²) in [6.45, 7) is 3.82. The number of rotatable bonds is 2. The van der Waals surface area contributed by atoms with Crippen LogP contribution in [-0.2, 0) is 6.42 Å². The second-order valence-corrected chi connectivity index (χ2v) is 4.14. The van der Waals surface area contributed by atoms with E-state index in [4.69, 9.17) is 0 Å². The Kier molecular flexibility index (Phi) is 2.37. The van der Waals surface area contributed by atoms with Gasteiger partial charge in [-0.2, -0.15) is 0 Å². The Labute approximate surface area is 100 Å². The predicted octanol–water partition coefficient (Wildman–Crippen LogP) is 4.12. The van der Waals surface area contributed by atoms with Crippen LogP contribution in [0.1, 0.15) is 5.56 Å². The predicted molar refractivity (Wildman–Crippen MR) is 73.2 cm³/mol. The van der Waals surface area contributed by atoms with Crippen molar-refractivity contribution in [2.45, 2.75) is 6.42 Å². The average Bonchev–Trinajstić information content (AvgIpc) is 2.39. The normalized spacial score (nSPS) is 10.8. The smallest absolute Gasteiger partial charge is 0.0711 e. The first kappa shape index (κ1) is 10.0. The van der Waals surface area contributed by atoms with Gasteiger partial charge in [-0.05, 0) is 34.9 Å². The van der Waals surface area contributed by atoms with Crippen molar-refractivity contribution in [3.05, 3.63) is 66.9 Å². The summed E-state index contributed by atoms with van der Waals surface area (Å²) in [5.74, 6) is 0. The van der Waals surface area contributed by atoms with Gasteiger partial charge in [0.2, 0.25) is 0 Å². The van der Waals surface area contributed by atoms with Crippen LogP contribution in [0.4, 0.5) is 0 Å². The third-order valence-corrected chi connectivity index (χ3v) is 3.08. The molecule has 0 radical (unpaired) electrons. The van der Waals surface area contributed by atoms with Crippen molar-refractivity contribution < 1.29 is 0 Å². The molecule has 2 aromatic carbocycles. The molecule has 3 aromatic rings. The van der Waals surface area contributed by atoms with E-state index in [0.717, 1.165) is 11.9 Å². The molecule has 1 heterocycles. The maximum Gasteiger partial charge on any atom is 0.0711 e. The quantitative estimate of drug-likeness (QED) is 0.466. The molecule has 0 N–H and O–H groups in total. The lowest BCUT2D eigenvalue weighted by atomic mass is 9.99. The molecule has 0 aliphatic heterocycles. The molecule has 1 nitrogen and oxygen atoms in total. The Bertz CT molecular complexity index is 698. The molecule has 0 spiro atoms. The highest BCUT2D eigenvalue weighted by Gasteiger charge is 2.04. The Balaban J connectivity index is 2.49. The van der Waals surface area contributed by atoms with E-state index >= 15 is 0 Å². The molecule has 0 unspecified atom stereocenters. The van der Waals surface area contributed by atoms with Gasteiger partial charge in [-0.25, -0.2) is 0 Å². The molecule has 0 aliphatic rings. The van der Waals surface area contributed by atoms with Gasteiger partial charge in [-0.15, -0.1) is 6.58 Å². The average molecular weight is 219 g/mol. The fourth-order valence-corrected chi connectivity index (χ4v) is 2.32. The van der Waals surface area contributed by atoms with Crippen LogP contribution in [0, 0.1) is 0 Å². The van der Waals surface area contributed by atoms with Crippen LogP contribution < -0.4 is 0 Å². The number of fused-ring (bicyclic) bond motifs is 3. The first-order valence-electron chi connectivity index (χ1n) is 5.76. The highest BCUT2D eigenvalue weighted by atomic mass is 14.6. The van der Waals surface area contributed by atoms with Gasteiger partial charge in [0.05, 0.1) is 5.52 Å². The summed E-state index contributed by atoms with van der Waals surface area (Å²) in [5.41, 5.74) is 2.35. The summed E-state index contributed by atoms with van der Waals surface area (Å²) in [6, 6.07) is 14.7. The SMILES string of the molecule is C=CCc1ccnc2ccc3ccccc3c12. The minimum atomic E-state index is 0.882. The van der Waals surface area contributed by atoms with Gasteiger partial charge in [0.1, 0.15) is 0 Å². The minimum Gasteiger partial charge on any atom is -0.256 e. The highest BCUT2D eigenvalue weighted by Crippen LogP contribution is 2.27. The van der Waals surface area contributed by atoms with Gasteiger partial charge in [0.25, 0.3) is 0 Å². The lowest BCUT2D eigenvalue weighted by Crippen LogP contribution is -1.88. The number of hydrogen-bond acceptors (Lipinski definition) is 1. The Hall–Kier alpha value is -2.15. The van der Waals surface area contributed by atoms with Gasteiger partial charge in [-0.3, -0.25) is 4.98 Å². The summed E-state index contributed by atoms with van der Waals surface area (Å²) in [7, 11) is 0. The Morgan fingerprint density at radius 2 is 1.94 bits per heavy atom. The monoisotopic (exact) mass is 219 g/mol. The van der Waals surface area contributed by atoms with Crippen LogP contribution in [0.2, 0.25) is 0 Å². The lowest BCUT2D eigenvalue weighted by Gasteiger charge is -2.07. The fourth-order valence-electron chi connectivity index (χ4n) is 2.32. The summed E-state index contributed by atoms with van der Waals surface area (Å²) < 4.78 is 0. The zero-order valence-electron chi connectivity index (χ0n) is 9.56. The third kappa shape index (κ3) is 1.60. The van der Waals surface area contributed by atoms with Crippen LogP contribution in [0.25, 0.3) is 21.7 Å². The first-order valence-corrected chi connectivity index (χ1v) is 5.76. The molecule has 82 valence electrons. The maximum absolute atomic E-state index is 4.44. The van der Waals surface area contributed by atoms with E-state index in [1.165, 1.54) is 21.7 Å². The maximum atomic E-state index is 4.44. The number of hydrogen-bond donors (Lipinski definition) is 0. The standard InChI is InChI=1S/C16H13N/c1-2-5-13-10-11-17-15-9-8-12-6-3-4-7-14(12)16(13)15/h2-4,6-11H,1,5H2. The van der Waals surface area contributed by atoms with E-state index in [-0.39, 0.29) is 0 Å². The molecule has 1 heteroatoms. The topological polar surface area (TPSA) is 12.9 Å². The number of allylic oxidation sites excluding steroid dienone is 1. The second-order valence-electron chi connectivity index (χ2n) is 4.14. The van der Waals surface area contributed by atoms with Gasteiger partial charge < -0.3 is 0 Å². The second kappa shape index (κ2) is 4.02. The van der Waals surface area contributed by atoms with Crippen molar-refractivity contribution in [3.63, 3.8) is 0 Å². The molecule has 0 amide bonds. The van der Waals surface area contributed by atoms with Crippen molar-refractivity contribution in [2.75, 3.05) is 0 Å². The fraction of sp³-hybridized carbons (Fsp3) is 0.0625. The molecule has 3 rings (SSSR count). The molecule has 17 heavy (non-hydrogen) atoms. The largest absolute Gasteiger partial charge is 0.256 e. The van der Waals surface area contributed by atoms with E-state index < -0.39 is 0 Å². The molecule has 0 atom stereocenters. The zero-order valence-corrected chi connectivity index (χ0v) is 9.56. The van der Waals surface area contributed by atoms with E-state index in [9.17, 15) is 0 Å². The molecule has 0 saturated carbocycles. The van der Waals surface area contributed by atoms with Crippen molar-refractivity contribution in [1.29, 1.82) is 0 Å². The van der Waals surface area contributed by atoms with Crippen LogP contribution in [-0.4, -0.2) is 4.98 Å². The third-order valence-electron chi connectivity index (χ3n) is 3.08. The van der Waals surface area contributed by atoms with Gasteiger partial charge in [-0.1, -0.05) is 36.4 Å². The number of pyridine rings is 1. The first-order chi connectivity index (χ1) is 8.40. The molecule has 0 aliphatic carbocycles. The number of aromatic nitrogens is 1. The van der Waals surface area contributed by atoms with Crippen LogP contribution in [0.5, 0.6) is 0 Å². The minimum absolute atomic E-state index is 0.882. The summed E-state index contributed by atoms with van der Waals surface area (Å²) in [5, 5.41) is 3.79. The highest BCUT2D eigenvalue weighted by molar-refractivity contribution is 6.07. The van der Waals surface area contributed by atoms with Crippen LogP contribution in [0.3, 0.4) is 0 Å². The van der Waals surface area contributed by atoms with Crippen molar-refractivity contribution >= 4 is 21.7 Å². The summed E-state index contributed by atoms with van der Waals surface area (Å²) in [4.78, 5) is 4.44. The van der Waals surface area contributed by atoms with E-state index in [2.05, 4.69) is 54.0 Å². The van der Waals surface area contributed by atoms with E-state index in [0.29, 0.717) is 0 Å². The number of benzene rings is 2. The summed E-state index contributed by atoms with van der Waals surface area (Å²) >= 11 is 0. The molecular formula is C16H13N. The Morgan fingerprint density at radius 3 is 2.82 bits per heavy atom. The molecule has 1 aromatic heterocycles. The molecular weight excluding hydrogens is 206 g/mol. The van der Waals surface area contributed by atoms with Gasteiger partial charge in [0.15, 0.2) is 0 Å². The van der Waals surface area contributed by atoms with Crippen molar-refractivity contribution in [2.24, 2.45) is 0 Å². The lowest BCUT2D eigenvalue weighted by molar-refractivity contribution is 1.28. The zero-order chi connectivity index (χ0) is 11.7. The number of nitrogens with zero attached hydrogens (tertiary/aromatic N) is 1. The van der Waals surface area contributed by atoms with Crippen LogP contribution in [0.15, 0.2) is 61.3 Å². The molecule has 0 bridgehead atoms. The van der Waals surface area contributed by atoms with Crippen molar-refractivity contribution in [1.82, 2.24) is 4.98 Å². The Morgan fingerprint density at radius 1 is 1.06 bits per heavy atom.